The zero-order valence-electron chi connectivity index (χ0n) is 18.5. The van der Waals surface area contributed by atoms with E-state index in [4.69, 9.17) is 0 Å². The van der Waals surface area contributed by atoms with E-state index in [1.807, 2.05) is 23.8 Å². The number of aryl methyl sites for hydroxylation is 1. The molecule has 1 aromatic carbocycles. The van der Waals surface area contributed by atoms with Gasteiger partial charge in [0.1, 0.15) is 6.04 Å². The number of imide groups is 1. The Morgan fingerprint density at radius 2 is 1.84 bits per heavy atom. The molecule has 2 heterocycles. The molecule has 0 spiro atoms. The van der Waals surface area contributed by atoms with E-state index in [-0.39, 0.29) is 29.6 Å². The van der Waals surface area contributed by atoms with Crippen molar-refractivity contribution < 1.29 is 14.4 Å². The quantitative estimate of drug-likeness (QED) is 0.569. The maximum atomic E-state index is 13.2. The molecule has 2 aliphatic rings. The number of hydrogen-bond acceptors (Lipinski definition) is 6. The maximum absolute atomic E-state index is 13.2. The Morgan fingerprint density at radius 1 is 1.19 bits per heavy atom. The number of thioether (sulfide) groups is 1. The van der Waals surface area contributed by atoms with E-state index in [1.165, 1.54) is 21.8 Å². The number of rotatable bonds is 8. The number of nitrogens with one attached hydrogen (secondary N) is 1. The second-order valence-electron chi connectivity index (χ2n) is 8.42. The van der Waals surface area contributed by atoms with Crippen LogP contribution in [0.1, 0.15) is 44.6 Å². The van der Waals surface area contributed by atoms with E-state index in [2.05, 4.69) is 29.4 Å². The van der Waals surface area contributed by atoms with Crippen LogP contribution in [0.4, 0.5) is 5.13 Å². The smallest absolute Gasteiger partial charge is 0.249 e. The molecule has 32 heavy (non-hydrogen) atoms. The number of benzene rings is 1. The molecule has 0 radical (unpaired) electrons. The van der Waals surface area contributed by atoms with Gasteiger partial charge in [-0.25, -0.2) is 4.98 Å². The van der Waals surface area contributed by atoms with E-state index in [0.29, 0.717) is 17.3 Å². The monoisotopic (exact) mass is 471 g/mol. The lowest BCUT2D eigenvalue weighted by molar-refractivity contribution is -0.146. The van der Waals surface area contributed by atoms with Crippen LogP contribution in [-0.2, 0) is 20.8 Å². The summed E-state index contributed by atoms with van der Waals surface area (Å²) >= 11 is 2.95. The average molecular weight is 472 g/mol. The Kier molecular flexibility index (Phi) is 7.30. The summed E-state index contributed by atoms with van der Waals surface area (Å²) in [5.74, 6) is -0.482. The lowest BCUT2D eigenvalue weighted by Gasteiger charge is -2.25. The van der Waals surface area contributed by atoms with E-state index in [1.54, 1.807) is 11.8 Å². The van der Waals surface area contributed by atoms with Crippen molar-refractivity contribution in [1.82, 2.24) is 9.88 Å². The lowest BCUT2D eigenvalue weighted by atomic mass is 9.81. The Hall–Kier alpha value is -2.19. The van der Waals surface area contributed by atoms with Gasteiger partial charge in [0.25, 0.3) is 0 Å². The summed E-state index contributed by atoms with van der Waals surface area (Å²) in [6.07, 6.45) is 6.81. The molecule has 1 N–H and O–H groups in total. The van der Waals surface area contributed by atoms with Crippen LogP contribution in [0.25, 0.3) is 11.3 Å². The number of nitrogens with zero attached hydrogens (tertiary/aromatic N) is 2. The number of hydrogen-bond donors (Lipinski definition) is 1. The molecule has 1 aliphatic heterocycles. The second-order valence-corrected chi connectivity index (χ2v) is 10.3. The Bertz CT molecular complexity index is 965. The molecule has 1 aliphatic carbocycles. The molecule has 170 valence electrons. The van der Waals surface area contributed by atoms with Crippen LogP contribution >= 0.6 is 23.1 Å². The molecule has 6 nitrogen and oxygen atoms in total. The second kappa shape index (κ2) is 10.2. The van der Waals surface area contributed by atoms with E-state index in [0.717, 1.165) is 43.4 Å². The summed E-state index contributed by atoms with van der Waals surface area (Å²) in [6, 6.07) is 7.43. The third-order valence-electron chi connectivity index (χ3n) is 6.48. The first-order valence-electron chi connectivity index (χ1n) is 11.2. The summed E-state index contributed by atoms with van der Waals surface area (Å²) in [4.78, 5) is 45.2. The fraction of sp³-hybridized carbons (Fsp3) is 0.500. The molecule has 0 bridgehead atoms. The summed E-state index contributed by atoms with van der Waals surface area (Å²) in [6.45, 7) is 2.11. The standard InChI is InChI=1S/C24H29N3O3S2/c1-3-15-8-10-16(11-9-15)19-14-32-24(25-19)26-21(28)20(12-13-31-2)27-22(29)17-6-4-5-7-18(17)23(27)30/h8-11,14,17-18,20H,3-7,12-13H2,1-2H3,(H,25,26,28). The molecule has 3 unspecified atom stereocenters. The van der Waals surface area contributed by atoms with Gasteiger partial charge >= 0.3 is 0 Å². The summed E-state index contributed by atoms with van der Waals surface area (Å²) in [5, 5.41) is 5.27. The maximum Gasteiger partial charge on any atom is 0.249 e. The van der Waals surface area contributed by atoms with Gasteiger partial charge in [-0.1, -0.05) is 44.0 Å². The average Bonchev–Trinajstić information content (AvgIpc) is 3.38. The van der Waals surface area contributed by atoms with Crippen molar-refractivity contribution in [3.63, 3.8) is 0 Å². The first kappa shape index (κ1) is 23.0. The summed E-state index contributed by atoms with van der Waals surface area (Å²) in [7, 11) is 0. The van der Waals surface area contributed by atoms with Gasteiger partial charge in [-0.05, 0) is 43.3 Å². The molecule has 1 saturated heterocycles. The molecule has 1 saturated carbocycles. The Morgan fingerprint density at radius 3 is 2.44 bits per heavy atom. The van der Waals surface area contributed by atoms with Crippen LogP contribution in [-0.4, -0.2) is 45.7 Å². The number of aromatic nitrogens is 1. The predicted molar refractivity (Wildman–Crippen MR) is 130 cm³/mol. The van der Waals surface area contributed by atoms with Gasteiger partial charge in [0, 0.05) is 10.9 Å². The summed E-state index contributed by atoms with van der Waals surface area (Å²) in [5.41, 5.74) is 3.05. The fourth-order valence-corrected chi connectivity index (χ4v) is 5.85. The number of carbonyl (C=O) groups excluding carboxylic acids is 3. The van der Waals surface area contributed by atoms with Gasteiger partial charge in [0.2, 0.25) is 17.7 Å². The van der Waals surface area contributed by atoms with Crippen LogP contribution in [0.3, 0.4) is 0 Å². The van der Waals surface area contributed by atoms with E-state index >= 15 is 0 Å². The topological polar surface area (TPSA) is 79.4 Å². The third-order valence-corrected chi connectivity index (χ3v) is 7.88. The predicted octanol–water partition coefficient (Wildman–Crippen LogP) is 4.61. The minimum absolute atomic E-state index is 0.170. The van der Waals surface area contributed by atoms with Crippen LogP contribution in [0, 0.1) is 11.8 Å². The van der Waals surface area contributed by atoms with Gasteiger partial charge in [-0.2, -0.15) is 11.8 Å². The molecular formula is C24H29N3O3S2. The van der Waals surface area contributed by atoms with E-state index in [9.17, 15) is 14.4 Å². The van der Waals surface area contributed by atoms with Gasteiger partial charge in [0.15, 0.2) is 5.13 Å². The highest BCUT2D eigenvalue weighted by atomic mass is 32.2. The number of amides is 3. The lowest BCUT2D eigenvalue weighted by Crippen LogP contribution is -2.48. The first-order chi connectivity index (χ1) is 15.5. The van der Waals surface area contributed by atoms with Crippen molar-refractivity contribution in [2.75, 3.05) is 17.3 Å². The number of fused-ring (bicyclic) bond motifs is 1. The minimum atomic E-state index is -0.788. The molecule has 8 heteroatoms. The molecule has 1 aromatic heterocycles. The van der Waals surface area contributed by atoms with Crippen molar-refractivity contribution in [3.05, 3.63) is 35.2 Å². The molecule has 4 rings (SSSR count). The van der Waals surface area contributed by atoms with Crippen LogP contribution < -0.4 is 5.32 Å². The highest BCUT2D eigenvalue weighted by Crippen LogP contribution is 2.39. The summed E-state index contributed by atoms with van der Waals surface area (Å²) < 4.78 is 0. The molecule has 2 aromatic rings. The zero-order valence-corrected chi connectivity index (χ0v) is 20.1. The van der Waals surface area contributed by atoms with Crippen LogP contribution in [0.15, 0.2) is 29.6 Å². The van der Waals surface area contributed by atoms with Gasteiger partial charge in [0.05, 0.1) is 17.5 Å². The third kappa shape index (κ3) is 4.62. The molecular weight excluding hydrogens is 442 g/mol. The zero-order chi connectivity index (χ0) is 22.7. The Balaban J connectivity index is 1.51. The van der Waals surface area contributed by atoms with Crippen molar-refractivity contribution in [1.29, 1.82) is 0 Å². The largest absolute Gasteiger partial charge is 0.300 e. The molecule has 3 amide bonds. The van der Waals surface area contributed by atoms with Gasteiger partial charge < -0.3 is 5.32 Å². The van der Waals surface area contributed by atoms with Crippen LogP contribution in [0.5, 0.6) is 0 Å². The van der Waals surface area contributed by atoms with Gasteiger partial charge in [-0.3, -0.25) is 19.3 Å². The molecule has 3 atom stereocenters. The normalized spacial score (nSPS) is 21.5. The fourth-order valence-electron chi connectivity index (χ4n) is 4.67. The minimum Gasteiger partial charge on any atom is -0.300 e. The van der Waals surface area contributed by atoms with Crippen molar-refractivity contribution in [2.45, 2.75) is 51.5 Å². The van der Waals surface area contributed by atoms with Crippen molar-refractivity contribution in [3.8, 4) is 11.3 Å². The first-order valence-corrected chi connectivity index (χ1v) is 13.5. The SMILES string of the molecule is CCc1ccc(-c2csc(NC(=O)C(CCSC)N3C(=O)C4CCCCC4C3=O)n2)cc1. The number of carbonyl (C=O) groups is 3. The number of likely N-dealkylation sites (tertiary alicyclic amines) is 1. The van der Waals surface area contributed by atoms with Gasteiger partial charge in [-0.15, -0.1) is 11.3 Å². The highest BCUT2D eigenvalue weighted by molar-refractivity contribution is 7.98. The van der Waals surface area contributed by atoms with E-state index < -0.39 is 6.04 Å². The van der Waals surface area contributed by atoms with Crippen molar-refractivity contribution in [2.24, 2.45) is 11.8 Å². The Labute approximate surface area is 197 Å². The van der Waals surface area contributed by atoms with Crippen LogP contribution in [0.2, 0.25) is 0 Å². The number of thiazole rings is 1. The number of anilines is 1. The molecule has 2 fully saturated rings. The highest BCUT2D eigenvalue weighted by Gasteiger charge is 2.51. The van der Waals surface area contributed by atoms with Crippen molar-refractivity contribution >= 4 is 46.0 Å².